The molecule has 4 rings (SSSR count). The standard InChI is InChI=1S/C26H27N5O2/c1-4-6-11-21-30-23-24(19-9-7-8-10-20(19)29-26(23)27)31(21)15-17-12-16(3)25(33)18(13-17)14-28-22(32)5-2/h2,7-10,12-13,33H,4,6,11,14-15H2,1,3H3,(H2,27,29)(H,28,32). The van der Waals surface area contributed by atoms with Gasteiger partial charge >= 0.3 is 0 Å². The summed E-state index contributed by atoms with van der Waals surface area (Å²) >= 11 is 0. The van der Waals surface area contributed by atoms with Gasteiger partial charge in [-0.3, -0.25) is 4.79 Å². The Morgan fingerprint density at radius 3 is 2.82 bits per heavy atom. The van der Waals surface area contributed by atoms with Crippen LogP contribution in [0.15, 0.2) is 36.4 Å². The first-order valence-electron chi connectivity index (χ1n) is 11.0. The molecule has 4 N–H and O–H groups in total. The third-order valence-electron chi connectivity index (χ3n) is 5.79. The van der Waals surface area contributed by atoms with Crippen molar-refractivity contribution in [2.75, 3.05) is 5.73 Å². The maximum Gasteiger partial charge on any atom is 0.295 e. The molecule has 0 fully saturated rings. The molecule has 0 aliphatic carbocycles. The van der Waals surface area contributed by atoms with E-state index in [9.17, 15) is 9.90 Å². The van der Waals surface area contributed by atoms with Crippen LogP contribution < -0.4 is 11.1 Å². The normalized spacial score (nSPS) is 11.1. The largest absolute Gasteiger partial charge is 0.507 e. The summed E-state index contributed by atoms with van der Waals surface area (Å²) < 4.78 is 2.20. The monoisotopic (exact) mass is 441 g/mol. The molecule has 7 heteroatoms. The number of pyridine rings is 1. The van der Waals surface area contributed by atoms with Crippen LogP contribution in [0.4, 0.5) is 5.82 Å². The summed E-state index contributed by atoms with van der Waals surface area (Å²) in [5.41, 5.74) is 11.1. The number of unbranched alkanes of at least 4 members (excludes halogenated alkanes) is 1. The van der Waals surface area contributed by atoms with Crippen LogP contribution in [0, 0.1) is 19.3 Å². The first kappa shape index (κ1) is 22.2. The molecule has 0 aliphatic rings. The first-order chi connectivity index (χ1) is 15.9. The highest BCUT2D eigenvalue weighted by Crippen LogP contribution is 2.31. The third-order valence-corrected chi connectivity index (χ3v) is 5.79. The fraction of sp³-hybridized carbons (Fsp3) is 0.269. The van der Waals surface area contributed by atoms with E-state index in [2.05, 4.69) is 21.8 Å². The molecule has 33 heavy (non-hydrogen) atoms. The number of nitrogens with zero attached hydrogens (tertiary/aromatic N) is 3. The second-order valence-electron chi connectivity index (χ2n) is 8.18. The summed E-state index contributed by atoms with van der Waals surface area (Å²) in [6, 6.07) is 11.8. The summed E-state index contributed by atoms with van der Waals surface area (Å²) in [4.78, 5) is 20.9. The third kappa shape index (κ3) is 4.33. The molecule has 2 heterocycles. The Hall–Kier alpha value is -4.05. The average molecular weight is 442 g/mol. The van der Waals surface area contributed by atoms with Crippen molar-refractivity contribution >= 4 is 33.7 Å². The second kappa shape index (κ2) is 9.21. The van der Waals surface area contributed by atoms with Gasteiger partial charge in [-0.2, -0.15) is 0 Å². The molecular formula is C26H27N5O2. The van der Waals surface area contributed by atoms with Gasteiger partial charge in [0, 0.05) is 30.5 Å². The molecule has 0 atom stereocenters. The Balaban J connectivity index is 1.85. The number of benzene rings is 2. The van der Waals surface area contributed by atoms with Crippen molar-refractivity contribution in [2.24, 2.45) is 0 Å². The van der Waals surface area contributed by atoms with E-state index >= 15 is 0 Å². The molecule has 4 aromatic rings. The van der Waals surface area contributed by atoms with Crippen LogP contribution in [-0.2, 0) is 24.3 Å². The summed E-state index contributed by atoms with van der Waals surface area (Å²) in [5, 5.41) is 14.1. The summed E-state index contributed by atoms with van der Waals surface area (Å²) in [6.45, 7) is 4.68. The van der Waals surface area contributed by atoms with Crippen molar-refractivity contribution in [3.8, 4) is 18.1 Å². The average Bonchev–Trinajstić information content (AvgIpc) is 3.17. The van der Waals surface area contributed by atoms with Gasteiger partial charge < -0.3 is 20.7 Å². The maximum absolute atomic E-state index is 11.5. The number of aromatic nitrogens is 3. The highest BCUT2D eigenvalue weighted by molar-refractivity contribution is 6.06. The smallest absolute Gasteiger partial charge is 0.295 e. The molecule has 0 aliphatic heterocycles. The van der Waals surface area contributed by atoms with Crippen molar-refractivity contribution in [2.45, 2.75) is 46.2 Å². The molecule has 7 nitrogen and oxygen atoms in total. The number of aromatic hydroxyl groups is 1. The van der Waals surface area contributed by atoms with Gasteiger partial charge in [0.05, 0.1) is 11.0 Å². The van der Waals surface area contributed by atoms with Gasteiger partial charge in [-0.05, 0) is 42.5 Å². The minimum atomic E-state index is -0.519. The van der Waals surface area contributed by atoms with Crippen LogP contribution in [0.3, 0.4) is 0 Å². The van der Waals surface area contributed by atoms with E-state index in [4.69, 9.17) is 17.1 Å². The fourth-order valence-corrected chi connectivity index (χ4v) is 4.17. The summed E-state index contributed by atoms with van der Waals surface area (Å²) in [5.74, 6) is 3.02. The van der Waals surface area contributed by atoms with Gasteiger partial charge in [0.2, 0.25) is 0 Å². The zero-order chi connectivity index (χ0) is 23.5. The molecule has 0 saturated heterocycles. The number of imidazole rings is 1. The van der Waals surface area contributed by atoms with E-state index in [1.54, 1.807) is 0 Å². The van der Waals surface area contributed by atoms with Gasteiger partial charge in [0.15, 0.2) is 5.82 Å². The van der Waals surface area contributed by atoms with Gasteiger partial charge in [0.1, 0.15) is 17.1 Å². The number of terminal acetylenes is 1. The topological polar surface area (TPSA) is 106 Å². The van der Waals surface area contributed by atoms with Crippen molar-refractivity contribution in [1.82, 2.24) is 19.9 Å². The number of para-hydroxylation sites is 1. The summed E-state index contributed by atoms with van der Waals surface area (Å²) in [7, 11) is 0. The number of anilines is 1. The van der Waals surface area contributed by atoms with E-state index in [1.165, 1.54) is 0 Å². The van der Waals surface area contributed by atoms with Crippen LogP contribution in [0.1, 0.15) is 42.3 Å². The molecule has 0 saturated carbocycles. The molecule has 2 aromatic carbocycles. The molecule has 0 spiro atoms. The second-order valence-corrected chi connectivity index (χ2v) is 8.18. The zero-order valence-corrected chi connectivity index (χ0v) is 18.9. The molecule has 2 aromatic heterocycles. The number of carbonyl (C=O) groups excluding carboxylic acids is 1. The minimum Gasteiger partial charge on any atom is -0.507 e. The fourth-order valence-electron chi connectivity index (χ4n) is 4.17. The Morgan fingerprint density at radius 1 is 1.27 bits per heavy atom. The zero-order valence-electron chi connectivity index (χ0n) is 18.9. The Kier molecular flexibility index (Phi) is 6.18. The van der Waals surface area contributed by atoms with E-state index in [-0.39, 0.29) is 12.3 Å². The van der Waals surface area contributed by atoms with Gasteiger partial charge in [-0.15, -0.1) is 6.42 Å². The van der Waals surface area contributed by atoms with E-state index < -0.39 is 5.91 Å². The van der Waals surface area contributed by atoms with Gasteiger partial charge in [-0.25, -0.2) is 9.97 Å². The lowest BCUT2D eigenvalue weighted by molar-refractivity contribution is -0.115. The van der Waals surface area contributed by atoms with Gasteiger partial charge in [0.25, 0.3) is 5.91 Å². The Bertz CT molecular complexity index is 1400. The molecule has 168 valence electrons. The first-order valence-corrected chi connectivity index (χ1v) is 11.0. The number of aryl methyl sites for hydroxylation is 2. The predicted molar refractivity (Wildman–Crippen MR) is 131 cm³/mol. The van der Waals surface area contributed by atoms with Crippen LogP contribution in [0.25, 0.3) is 21.9 Å². The number of nitrogen functional groups attached to an aromatic ring is 1. The number of hydrogen-bond donors (Lipinski definition) is 3. The summed E-state index contributed by atoms with van der Waals surface area (Å²) in [6.07, 6.45) is 8.02. The highest BCUT2D eigenvalue weighted by atomic mass is 16.3. The molecule has 1 amide bonds. The lowest BCUT2D eigenvalue weighted by Gasteiger charge is -2.14. The predicted octanol–water partition coefficient (Wildman–Crippen LogP) is 3.82. The number of phenolic OH excluding ortho intramolecular Hbond substituents is 1. The SMILES string of the molecule is C#CC(=O)NCc1cc(Cn2c(CCCC)nc3c(N)nc4ccccc4c32)cc(C)c1O. The number of nitrogens with one attached hydrogen (secondary N) is 1. The minimum absolute atomic E-state index is 0.150. The lowest BCUT2D eigenvalue weighted by Crippen LogP contribution is -2.20. The molecule has 0 bridgehead atoms. The van der Waals surface area contributed by atoms with Crippen molar-refractivity contribution < 1.29 is 9.90 Å². The Labute approximate surface area is 192 Å². The van der Waals surface area contributed by atoms with E-state index in [0.717, 1.165) is 52.6 Å². The van der Waals surface area contributed by atoms with Crippen molar-refractivity contribution in [3.63, 3.8) is 0 Å². The number of rotatable bonds is 7. The number of amides is 1. The highest BCUT2D eigenvalue weighted by Gasteiger charge is 2.18. The Morgan fingerprint density at radius 2 is 2.06 bits per heavy atom. The number of nitrogens with two attached hydrogens (primary N) is 1. The maximum atomic E-state index is 11.5. The van der Waals surface area contributed by atoms with Crippen molar-refractivity contribution in [3.05, 3.63) is 58.9 Å². The molecular weight excluding hydrogens is 414 g/mol. The van der Waals surface area contributed by atoms with Crippen LogP contribution in [0.5, 0.6) is 5.75 Å². The quantitative estimate of drug-likeness (QED) is 0.378. The van der Waals surface area contributed by atoms with Gasteiger partial charge in [-0.1, -0.05) is 37.6 Å². The molecule has 0 unspecified atom stereocenters. The number of phenols is 1. The van der Waals surface area contributed by atoms with Crippen LogP contribution in [-0.4, -0.2) is 25.5 Å². The van der Waals surface area contributed by atoms with Crippen LogP contribution in [0.2, 0.25) is 0 Å². The number of hydrogen-bond acceptors (Lipinski definition) is 5. The number of carbonyl (C=O) groups is 1. The molecule has 0 radical (unpaired) electrons. The van der Waals surface area contributed by atoms with E-state index in [1.807, 2.05) is 49.2 Å². The lowest BCUT2D eigenvalue weighted by atomic mass is 10.0. The van der Waals surface area contributed by atoms with E-state index in [0.29, 0.717) is 23.4 Å². The van der Waals surface area contributed by atoms with Crippen LogP contribution >= 0.6 is 0 Å². The number of fused-ring (bicyclic) bond motifs is 3. The van der Waals surface area contributed by atoms with Crippen molar-refractivity contribution in [1.29, 1.82) is 0 Å².